The van der Waals surface area contributed by atoms with Crippen molar-refractivity contribution < 1.29 is 19.4 Å². The van der Waals surface area contributed by atoms with Crippen LogP contribution in [0.15, 0.2) is 60.7 Å². The fourth-order valence-electron chi connectivity index (χ4n) is 3.89. The second-order valence-electron chi connectivity index (χ2n) is 6.92. The quantitative estimate of drug-likeness (QED) is 0.791. The first kappa shape index (κ1) is 18.2. The standard InChI is InChI=1S/C22H24O4/c1-3-14(2)26-22(25)20-17(15-10-6-4-7-11-15)19(21(23)24)18(20)16-12-8-5-9-13-16/h4-14,17-20H,3H2,1-2H3,(H,23,24)/t14-,17+,18+,19?,20?/m0/s1. The van der Waals surface area contributed by atoms with Crippen LogP contribution in [-0.2, 0) is 14.3 Å². The second-order valence-corrected chi connectivity index (χ2v) is 6.92. The molecular weight excluding hydrogens is 328 g/mol. The molecule has 4 nitrogen and oxygen atoms in total. The molecule has 0 bridgehead atoms. The molecule has 26 heavy (non-hydrogen) atoms. The fraction of sp³-hybridized carbons (Fsp3) is 0.364. The number of carboxylic acids is 1. The van der Waals surface area contributed by atoms with Crippen LogP contribution in [0.5, 0.6) is 0 Å². The lowest BCUT2D eigenvalue weighted by molar-refractivity contribution is -0.167. The minimum absolute atomic E-state index is 0.181. The maximum atomic E-state index is 12.9. The first-order valence-corrected chi connectivity index (χ1v) is 9.07. The summed E-state index contributed by atoms with van der Waals surface area (Å²) >= 11 is 0. The average Bonchev–Trinajstić information content (AvgIpc) is 2.62. The number of ether oxygens (including phenoxy) is 1. The third-order valence-electron chi connectivity index (χ3n) is 5.37. The van der Waals surface area contributed by atoms with E-state index in [0.717, 1.165) is 17.5 Å². The van der Waals surface area contributed by atoms with E-state index in [4.69, 9.17) is 4.74 Å². The molecule has 3 atom stereocenters. The van der Waals surface area contributed by atoms with Crippen LogP contribution < -0.4 is 0 Å². The molecule has 1 N–H and O–H groups in total. The van der Waals surface area contributed by atoms with Gasteiger partial charge in [-0.15, -0.1) is 0 Å². The first-order valence-electron chi connectivity index (χ1n) is 9.07. The molecule has 1 saturated carbocycles. The molecular formula is C22H24O4. The molecule has 1 aliphatic rings. The summed E-state index contributed by atoms with van der Waals surface area (Å²) in [5.41, 5.74) is 1.75. The summed E-state index contributed by atoms with van der Waals surface area (Å²) in [6, 6.07) is 18.9. The minimum Gasteiger partial charge on any atom is -0.481 e. The van der Waals surface area contributed by atoms with Crippen molar-refractivity contribution in [2.24, 2.45) is 11.8 Å². The number of carbonyl (C=O) groups is 2. The van der Waals surface area contributed by atoms with Gasteiger partial charge >= 0.3 is 11.9 Å². The van der Waals surface area contributed by atoms with Gasteiger partial charge in [-0.25, -0.2) is 0 Å². The Morgan fingerprint density at radius 2 is 1.38 bits per heavy atom. The van der Waals surface area contributed by atoms with Gasteiger partial charge in [0.15, 0.2) is 0 Å². The van der Waals surface area contributed by atoms with E-state index in [1.807, 2.05) is 74.5 Å². The van der Waals surface area contributed by atoms with Gasteiger partial charge < -0.3 is 9.84 Å². The van der Waals surface area contributed by atoms with Crippen molar-refractivity contribution in [3.8, 4) is 0 Å². The molecule has 1 fully saturated rings. The minimum atomic E-state index is -0.875. The van der Waals surface area contributed by atoms with Crippen molar-refractivity contribution in [1.29, 1.82) is 0 Å². The lowest BCUT2D eigenvalue weighted by Gasteiger charge is -2.49. The highest BCUT2D eigenvalue weighted by Gasteiger charge is 2.59. The number of rotatable bonds is 6. The predicted octanol–water partition coefficient (Wildman–Crippen LogP) is 4.23. The van der Waals surface area contributed by atoms with Crippen LogP contribution in [0.3, 0.4) is 0 Å². The molecule has 136 valence electrons. The number of aliphatic carboxylic acids is 1. The number of carboxylic acid groups (broad SMARTS) is 1. The van der Waals surface area contributed by atoms with Crippen LogP contribution in [0.2, 0.25) is 0 Å². The van der Waals surface area contributed by atoms with Gasteiger partial charge in [0.25, 0.3) is 0 Å². The van der Waals surface area contributed by atoms with E-state index < -0.39 is 17.8 Å². The number of esters is 1. The lowest BCUT2D eigenvalue weighted by atomic mass is 9.52. The SMILES string of the molecule is CC[C@H](C)OC(=O)C1[C@H](c2ccccc2)C(C(=O)O)[C@H]1c1ccccc1. The summed E-state index contributed by atoms with van der Waals surface area (Å²) in [7, 11) is 0. The van der Waals surface area contributed by atoms with E-state index in [1.54, 1.807) is 0 Å². The Labute approximate surface area is 153 Å². The van der Waals surface area contributed by atoms with Crippen molar-refractivity contribution in [2.75, 3.05) is 0 Å². The van der Waals surface area contributed by atoms with Gasteiger partial charge in [-0.2, -0.15) is 0 Å². The van der Waals surface area contributed by atoms with E-state index in [9.17, 15) is 14.7 Å². The second kappa shape index (κ2) is 7.73. The zero-order valence-corrected chi connectivity index (χ0v) is 15.0. The third kappa shape index (κ3) is 3.36. The molecule has 4 heteroatoms. The molecule has 2 aromatic rings. The van der Waals surface area contributed by atoms with Gasteiger partial charge in [0.2, 0.25) is 0 Å². The lowest BCUT2D eigenvalue weighted by Crippen LogP contribution is -2.51. The Morgan fingerprint density at radius 3 is 1.77 bits per heavy atom. The molecule has 1 aliphatic carbocycles. The smallest absolute Gasteiger partial charge is 0.310 e. The van der Waals surface area contributed by atoms with Gasteiger partial charge in [0, 0.05) is 11.8 Å². The van der Waals surface area contributed by atoms with Crippen molar-refractivity contribution in [3.05, 3.63) is 71.8 Å². The van der Waals surface area contributed by atoms with Crippen molar-refractivity contribution in [3.63, 3.8) is 0 Å². The van der Waals surface area contributed by atoms with Gasteiger partial charge in [-0.3, -0.25) is 9.59 Å². The number of hydrogen-bond donors (Lipinski definition) is 1. The maximum absolute atomic E-state index is 12.9. The van der Waals surface area contributed by atoms with Crippen LogP contribution in [0.1, 0.15) is 43.2 Å². The largest absolute Gasteiger partial charge is 0.481 e. The zero-order valence-electron chi connectivity index (χ0n) is 15.0. The van der Waals surface area contributed by atoms with Crippen LogP contribution in [-0.4, -0.2) is 23.1 Å². The van der Waals surface area contributed by atoms with Gasteiger partial charge in [0.05, 0.1) is 17.9 Å². The number of hydrogen-bond acceptors (Lipinski definition) is 3. The molecule has 0 heterocycles. The number of carbonyl (C=O) groups excluding carboxylic acids is 1. The highest BCUT2D eigenvalue weighted by atomic mass is 16.5. The number of benzene rings is 2. The summed E-state index contributed by atoms with van der Waals surface area (Å²) in [4.78, 5) is 25.0. The summed E-state index contributed by atoms with van der Waals surface area (Å²) < 4.78 is 5.60. The molecule has 2 aromatic carbocycles. The van der Waals surface area contributed by atoms with E-state index in [1.165, 1.54) is 0 Å². The summed E-state index contributed by atoms with van der Waals surface area (Å²) in [5.74, 6) is -3.07. The third-order valence-corrected chi connectivity index (χ3v) is 5.37. The molecule has 0 unspecified atom stereocenters. The Morgan fingerprint density at radius 1 is 0.923 bits per heavy atom. The van der Waals surface area contributed by atoms with Gasteiger partial charge in [0.1, 0.15) is 0 Å². The van der Waals surface area contributed by atoms with Crippen LogP contribution in [0.4, 0.5) is 0 Å². The molecule has 3 rings (SSSR count). The van der Waals surface area contributed by atoms with Crippen molar-refractivity contribution >= 4 is 11.9 Å². The molecule has 0 spiro atoms. The highest BCUT2D eigenvalue weighted by Crippen LogP contribution is 2.58. The predicted molar refractivity (Wildman–Crippen MR) is 98.8 cm³/mol. The monoisotopic (exact) mass is 352 g/mol. The Balaban J connectivity index is 2.00. The molecule has 0 aliphatic heterocycles. The van der Waals surface area contributed by atoms with Crippen LogP contribution in [0, 0.1) is 11.8 Å². The summed E-state index contributed by atoms with van der Waals surface area (Å²) in [6.07, 6.45) is 0.548. The van der Waals surface area contributed by atoms with Crippen molar-refractivity contribution in [2.45, 2.75) is 38.2 Å². The van der Waals surface area contributed by atoms with Gasteiger partial charge in [-0.05, 0) is 24.5 Å². The van der Waals surface area contributed by atoms with E-state index in [0.29, 0.717) is 0 Å². The summed E-state index contributed by atoms with van der Waals surface area (Å²) in [6.45, 7) is 3.82. The Hall–Kier alpha value is -2.62. The maximum Gasteiger partial charge on any atom is 0.310 e. The molecule has 0 aromatic heterocycles. The van der Waals surface area contributed by atoms with Crippen LogP contribution >= 0.6 is 0 Å². The topological polar surface area (TPSA) is 63.6 Å². The van der Waals surface area contributed by atoms with Crippen molar-refractivity contribution in [1.82, 2.24) is 0 Å². The average molecular weight is 352 g/mol. The van der Waals surface area contributed by atoms with Gasteiger partial charge in [-0.1, -0.05) is 67.6 Å². The first-order chi connectivity index (χ1) is 12.5. The Bertz CT molecular complexity index is 709. The molecule has 0 radical (unpaired) electrons. The fourth-order valence-corrected chi connectivity index (χ4v) is 3.89. The zero-order chi connectivity index (χ0) is 18.7. The summed E-state index contributed by atoms with van der Waals surface area (Å²) in [5, 5.41) is 9.87. The van der Waals surface area contributed by atoms with E-state index >= 15 is 0 Å². The highest BCUT2D eigenvalue weighted by molar-refractivity contribution is 5.84. The van der Waals surface area contributed by atoms with Crippen LogP contribution in [0.25, 0.3) is 0 Å². The Kier molecular flexibility index (Phi) is 5.40. The normalized spacial score (nSPS) is 25.8. The van der Waals surface area contributed by atoms with E-state index in [-0.39, 0.29) is 23.9 Å². The van der Waals surface area contributed by atoms with E-state index in [2.05, 4.69) is 0 Å². The molecule has 0 saturated heterocycles. The molecule has 0 amide bonds.